The fraction of sp³-hybridized carbons (Fsp3) is 0.318. The minimum Gasteiger partial charge on any atom is -0.497 e. The smallest absolute Gasteiger partial charge is 0.230 e. The summed E-state index contributed by atoms with van der Waals surface area (Å²) in [6.07, 6.45) is 0.870. The van der Waals surface area contributed by atoms with Gasteiger partial charge in [0.1, 0.15) is 5.75 Å². The van der Waals surface area contributed by atoms with Crippen LogP contribution in [0.15, 0.2) is 59.8 Å². The van der Waals surface area contributed by atoms with Crippen molar-refractivity contribution in [3.63, 3.8) is 0 Å². The van der Waals surface area contributed by atoms with Gasteiger partial charge in [0.25, 0.3) is 0 Å². The lowest BCUT2D eigenvalue weighted by Crippen LogP contribution is -2.31. The maximum atomic E-state index is 12.6. The molecule has 0 aliphatic carbocycles. The first-order valence-electron chi connectivity index (χ1n) is 9.80. The van der Waals surface area contributed by atoms with Crippen molar-refractivity contribution in [3.8, 4) is 17.1 Å². The number of nitrogens with two attached hydrogens (primary N) is 1. The van der Waals surface area contributed by atoms with Gasteiger partial charge < -0.3 is 15.9 Å². The number of amides is 1. The lowest BCUT2D eigenvalue weighted by molar-refractivity contribution is -0.119. The van der Waals surface area contributed by atoms with Crippen molar-refractivity contribution in [1.82, 2.24) is 20.2 Å². The third-order valence-corrected chi connectivity index (χ3v) is 5.53. The summed E-state index contributed by atoms with van der Waals surface area (Å²) in [5.41, 5.74) is 1.93. The number of hydrogen-bond donors (Lipinski definition) is 2. The van der Waals surface area contributed by atoms with Gasteiger partial charge in [0, 0.05) is 5.56 Å². The summed E-state index contributed by atoms with van der Waals surface area (Å²) in [7, 11) is 1.61. The summed E-state index contributed by atoms with van der Waals surface area (Å²) >= 11 is 1.26. The van der Waals surface area contributed by atoms with Gasteiger partial charge >= 0.3 is 0 Å². The van der Waals surface area contributed by atoms with Crippen molar-refractivity contribution in [2.75, 3.05) is 18.7 Å². The summed E-state index contributed by atoms with van der Waals surface area (Å²) in [6, 6.07) is 17.4. The average molecular weight is 426 g/mol. The number of nitrogens with one attached hydrogen (secondary N) is 1. The second-order valence-corrected chi connectivity index (χ2v) is 8.30. The Morgan fingerprint density at radius 3 is 2.47 bits per heavy atom. The van der Waals surface area contributed by atoms with E-state index in [0.29, 0.717) is 16.9 Å². The van der Waals surface area contributed by atoms with Gasteiger partial charge in [-0.05, 0) is 42.2 Å². The Bertz CT molecular complexity index is 957. The molecule has 0 unspecified atom stereocenters. The second kappa shape index (κ2) is 10.2. The Labute approximate surface area is 181 Å². The monoisotopic (exact) mass is 425 g/mol. The Hall–Kier alpha value is -3.00. The number of nitrogen functional groups attached to an aromatic ring is 1. The van der Waals surface area contributed by atoms with Crippen LogP contribution in [0, 0.1) is 5.92 Å². The van der Waals surface area contributed by atoms with E-state index in [1.165, 1.54) is 16.4 Å². The summed E-state index contributed by atoms with van der Waals surface area (Å²) in [6.45, 7) is 4.29. The fourth-order valence-corrected chi connectivity index (χ4v) is 3.78. The van der Waals surface area contributed by atoms with Crippen LogP contribution < -0.4 is 15.9 Å². The van der Waals surface area contributed by atoms with Crippen molar-refractivity contribution >= 4 is 17.7 Å². The van der Waals surface area contributed by atoms with Gasteiger partial charge in [-0.15, -0.1) is 10.2 Å². The summed E-state index contributed by atoms with van der Waals surface area (Å²) < 4.78 is 6.58. The van der Waals surface area contributed by atoms with Crippen LogP contribution in [0.1, 0.15) is 31.9 Å². The van der Waals surface area contributed by atoms with Crippen LogP contribution in [0.3, 0.4) is 0 Å². The zero-order valence-corrected chi connectivity index (χ0v) is 18.2. The molecule has 3 rings (SSSR count). The quantitative estimate of drug-likeness (QED) is 0.401. The van der Waals surface area contributed by atoms with E-state index in [1.807, 2.05) is 54.6 Å². The molecule has 158 valence electrons. The van der Waals surface area contributed by atoms with E-state index in [9.17, 15) is 4.79 Å². The Morgan fingerprint density at radius 2 is 1.83 bits per heavy atom. The lowest BCUT2D eigenvalue weighted by atomic mass is 9.97. The average Bonchev–Trinajstić information content (AvgIpc) is 3.12. The number of carbonyl (C=O) groups is 1. The number of benzene rings is 2. The minimum atomic E-state index is -0.0662. The molecule has 0 aliphatic heterocycles. The number of aromatic nitrogens is 3. The Kier molecular flexibility index (Phi) is 7.35. The first kappa shape index (κ1) is 21.7. The van der Waals surface area contributed by atoms with E-state index in [4.69, 9.17) is 10.6 Å². The van der Waals surface area contributed by atoms with Gasteiger partial charge in [-0.2, -0.15) is 0 Å². The maximum Gasteiger partial charge on any atom is 0.230 e. The molecule has 0 spiro atoms. The first-order valence-corrected chi connectivity index (χ1v) is 10.8. The molecule has 0 radical (unpaired) electrons. The molecule has 7 nitrogen and oxygen atoms in total. The number of hydrogen-bond acceptors (Lipinski definition) is 6. The third-order valence-electron chi connectivity index (χ3n) is 4.59. The molecule has 1 heterocycles. The first-order chi connectivity index (χ1) is 14.5. The normalized spacial score (nSPS) is 12.0. The topological polar surface area (TPSA) is 95.1 Å². The van der Waals surface area contributed by atoms with Crippen molar-refractivity contribution < 1.29 is 9.53 Å². The highest BCUT2D eigenvalue weighted by Crippen LogP contribution is 2.24. The number of nitrogens with zero attached hydrogens (tertiary/aromatic N) is 3. The van der Waals surface area contributed by atoms with Gasteiger partial charge in [0.15, 0.2) is 5.82 Å². The van der Waals surface area contributed by atoms with Gasteiger partial charge in [0.2, 0.25) is 11.1 Å². The van der Waals surface area contributed by atoms with Gasteiger partial charge in [0.05, 0.1) is 18.9 Å². The van der Waals surface area contributed by atoms with Crippen LogP contribution in [0.4, 0.5) is 0 Å². The van der Waals surface area contributed by atoms with Crippen molar-refractivity contribution in [3.05, 3.63) is 60.2 Å². The number of thioether (sulfide) groups is 1. The Balaban J connectivity index is 1.63. The van der Waals surface area contributed by atoms with Crippen molar-refractivity contribution in [2.24, 2.45) is 5.92 Å². The summed E-state index contributed by atoms with van der Waals surface area (Å²) in [5, 5.41) is 11.9. The molecule has 0 aliphatic rings. The third kappa shape index (κ3) is 5.54. The molecular weight excluding hydrogens is 398 g/mol. The molecule has 0 saturated carbocycles. The van der Waals surface area contributed by atoms with E-state index >= 15 is 0 Å². The molecule has 2 aromatic carbocycles. The van der Waals surface area contributed by atoms with E-state index in [0.717, 1.165) is 23.3 Å². The molecule has 3 aromatic rings. The van der Waals surface area contributed by atoms with Crippen LogP contribution in [0.5, 0.6) is 5.75 Å². The van der Waals surface area contributed by atoms with E-state index in [-0.39, 0.29) is 17.7 Å². The highest BCUT2D eigenvalue weighted by molar-refractivity contribution is 7.99. The predicted octanol–water partition coefficient (Wildman–Crippen LogP) is 3.66. The van der Waals surface area contributed by atoms with E-state index in [2.05, 4.69) is 29.4 Å². The van der Waals surface area contributed by atoms with Crippen LogP contribution in [-0.4, -0.2) is 33.6 Å². The number of rotatable bonds is 9. The fourth-order valence-electron chi connectivity index (χ4n) is 3.11. The van der Waals surface area contributed by atoms with Crippen LogP contribution in [0.25, 0.3) is 11.4 Å². The largest absolute Gasteiger partial charge is 0.497 e. The van der Waals surface area contributed by atoms with Crippen molar-refractivity contribution in [2.45, 2.75) is 31.5 Å². The molecule has 30 heavy (non-hydrogen) atoms. The van der Waals surface area contributed by atoms with E-state index in [1.54, 1.807) is 7.11 Å². The maximum absolute atomic E-state index is 12.6. The zero-order chi connectivity index (χ0) is 21.5. The Morgan fingerprint density at radius 1 is 1.13 bits per heavy atom. The molecule has 1 amide bonds. The van der Waals surface area contributed by atoms with Crippen molar-refractivity contribution in [1.29, 1.82) is 0 Å². The van der Waals surface area contributed by atoms with Gasteiger partial charge in [-0.25, -0.2) is 4.68 Å². The zero-order valence-electron chi connectivity index (χ0n) is 17.4. The molecule has 1 aromatic heterocycles. The van der Waals surface area contributed by atoms with Crippen LogP contribution >= 0.6 is 11.8 Å². The highest BCUT2D eigenvalue weighted by atomic mass is 32.2. The predicted molar refractivity (Wildman–Crippen MR) is 120 cm³/mol. The summed E-state index contributed by atoms with van der Waals surface area (Å²) in [4.78, 5) is 12.6. The second-order valence-electron chi connectivity index (χ2n) is 7.35. The minimum absolute atomic E-state index is 0.0232. The SMILES string of the molecule is COc1ccc(-c2nnc(SCC(=O)N[C@H](CC(C)C)c3ccccc3)n2N)cc1. The number of methoxy groups -OCH3 is 1. The molecule has 0 fully saturated rings. The molecule has 0 bridgehead atoms. The summed E-state index contributed by atoms with van der Waals surface area (Å²) in [5.74, 6) is 8.04. The highest BCUT2D eigenvalue weighted by Gasteiger charge is 2.18. The van der Waals surface area contributed by atoms with Crippen LogP contribution in [0.2, 0.25) is 0 Å². The standard InChI is InChI=1S/C22H27N5O2S/c1-15(2)13-19(16-7-5-4-6-8-16)24-20(28)14-30-22-26-25-21(27(22)23)17-9-11-18(29-3)12-10-17/h4-12,15,19H,13-14,23H2,1-3H3,(H,24,28)/t19-/m1/s1. The van der Waals surface area contributed by atoms with Crippen LogP contribution in [-0.2, 0) is 4.79 Å². The van der Waals surface area contributed by atoms with E-state index < -0.39 is 0 Å². The molecule has 0 saturated heterocycles. The molecule has 1 atom stereocenters. The number of ether oxygens (including phenoxy) is 1. The van der Waals surface area contributed by atoms with Gasteiger partial charge in [-0.3, -0.25) is 4.79 Å². The van der Waals surface area contributed by atoms with Gasteiger partial charge in [-0.1, -0.05) is 55.9 Å². The lowest BCUT2D eigenvalue weighted by Gasteiger charge is -2.21. The number of carbonyl (C=O) groups excluding carboxylic acids is 1. The molecular formula is C22H27N5O2S. The molecule has 8 heteroatoms. The molecule has 3 N–H and O–H groups in total.